The van der Waals surface area contributed by atoms with Gasteiger partial charge in [-0.15, -0.1) is 0 Å². The van der Waals surface area contributed by atoms with Crippen LogP contribution >= 0.6 is 15.9 Å². The molecular formula is C14H17BrN2O3. The second-order valence-electron chi connectivity index (χ2n) is 4.86. The SMILES string of the molecule is CCN1C(=O)CCCC(C(=O)O)C1c1ccc(Br)cn1. The van der Waals surface area contributed by atoms with E-state index in [1.807, 2.05) is 13.0 Å². The van der Waals surface area contributed by atoms with Gasteiger partial charge < -0.3 is 10.0 Å². The molecule has 2 rings (SSSR count). The first-order valence-electron chi connectivity index (χ1n) is 6.68. The van der Waals surface area contributed by atoms with Crippen molar-refractivity contribution >= 4 is 27.8 Å². The number of pyridine rings is 1. The molecule has 1 saturated heterocycles. The summed E-state index contributed by atoms with van der Waals surface area (Å²) in [5.74, 6) is -1.46. The largest absolute Gasteiger partial charge is 0.481 e. The summed E-state index contributed by atoms with van der Waals surface area (Å²) in [6.07, 6.45) is 3.15. The fourth-order valence-corrected chi connectivity index (χ4v) is 2.94. The van der Waals surface area contributed by atoms with Crippen molar-refractivity contribution in [2.75, 3.05) is 6.54 Å². The molecule has 0 aromatic carbocycles. The molecule has 1 aromatic rings. The Balaban J connectivity index is 2.45. The van der Waals surface area contributed by atoms with Gasteiger partial charge in [0.05, 0.1) is 17.7 Å². The second kappa shape index (κ2) is 6.35. The average molecular weight is 341 g/mol. The van der Waals surface area contributed by atoms with E-state index in [0.29, 0.717) is 31.5 Å². The molecule has 5 nitrogen and oxygen atoms in total. The standard InChI is InChI=1S/C14H17BrN2O3/c1-2-17-12(18)5-3-4-10(14(19)20)13(17)11-7-6-9(15)8-16-11/h6-8,10,13H,2-5H2,1H3,(H,19,20). The van der Waals surface area contributed by atoms with Gasteiger partial charge in [-0.1, -0.05) is 0 Å². The van der Waals surface area contributed by atoms with Gasteiger partial charge >= 0.3 is 5.97 Å². The van der Waals surface area contributed by atoms with Crippen molar-refractivity contribution in [3.05, 3.63) is 28.5 Å². The van der Waals surface area contributed by atoms with Crippen LogP contribution in [0.2, 0.25) is 0 Å². The number of carboxylic acid groups (broad SMARTS) is 1. The van der Waals surface area contributed by atoms with E-state index >= 15 is 0 Å². The summed E-state index contributed by atoms with van der Waals surface area (Å²) in [4.78, 5) is 29.7. The maximum absolute atomic E-state index is 12.2. The number of nitrogens with zero attached hydrogens (tertiary/aromatic N) is 2. The summed E-state index contributed by atoms with van der Waals surface area (Å²) in [5.41, 5.74) is 0.637. The summed E-state index contributed by atoms with van der Waals surface area (Å²) in [6, 6.07) is 3.12. The molecule has 1 amide bonds. The fraction of sp³-hybridized carbons (Fsp3) is 0.500. The number of hydrogen-bond donors (Lipinski definition) is 1. The van der Waals surface area contributed by atoms with Crippen molar-refractivity contribution in [2.24, 2.45) is 5.92 Å². The van der Waals surface area contributed by atoms with Crippen molar-refractivity contribution in [3.63, 3.8) is 0 Å². The minimum atomic E-state index is -0.868. The van der Waals surface area contributed by atoms with E-state index < -0.39 is 17.9 Å². The monoisotopic (exact) mass is 340 g/mol. The van der Waals surface area contributed by atoms with Crippen LogP contribution in [0.1, 0.15) is 37.9 Å². The Morgan fingerprint density at radius 1 is 1.55 bits per heavy atom. The van der Waals surface area contributed by atoms with Crippen molar-refractivity contribution in [1.82, 2.24) is 9.88 Å². The summed E-state index contributed by atoms with van der Waals surface area (Å²) < 4.78 is 0.830. The molecule has 1 N–H and O–H groups in total. The van der Waals surface area contributed by atoms with Gasteiger partial charge in [0.15, 0.2) is 0 Å². The highest BCUT2D eigenvalue weighted by molar-refractivity contribution is 9.10. The zero-order valence-corrected chi connectivity index (χ0v) is 12.8. The van der Waals surface area contributed by atoms with Crippen LogP contribution in [-0.4, -0.2) is 33.4 Å². The molecule has 2 unspecified atom stereocenters. The van der Waals surface area contributed by atoms with Crippen LogP contribution < -0.4 is 0 Å². The fourth-order valence-electron chi connectivity index (χ4n) is 2.71. The predicted molar refractivity (Wildman–Crippen MR) is 77.0 cm³/mol. The van der Waals surface area contributed by atoms with Crippen molar-refractivity contribution in [1.29, 1.82) is 0 Å². The van der Waals surface area contributed by atoms with E-state index in [2.05, 4.69) is 20.9 Å². The van der Waals surface area contributed by atoms with Gasteiger partial charge in [0.1, 0.15) is 0 Å². The van der Waals surface area contributed by atoms with Gasteiger partial charge in [-0.3, -0.25) is 14.6 Å². The van der Waals surface area contributed by atoms with E-state index in [9.17, 15) is 14.7 Å². The lowest BCUT2D eigenvalue weighted by Gasteiger charge is -2.32. The molecule has 1 fully saturated rings. The van der Waals surface area contributed by atoms with Crippen LogP contribution in [0.5, 0.6) is 0 Å². The molecule has 2 atom stereocenters. The molecule has 108 valence electrons. The molecule has 1 aromatic heterocycles. The number of amides is 1. The average Bonchev–Trinajstić information content (AvgIpc) is 2.58. The zero-order chi connectivity index (χ0) is 14.7. The molecule has 20 heavy (non-hydrogen) atoms. The highest BCUT2D eigenvalue weighted by atomic mass is 79.9. The second-order valence-corrected chi connectivity index (χ2v) is 5.78. The van der Waals surface area contributed by atoms with E-state index in [1.54, 1.807) is 17.2 Å². The Morgan fingerprint density at radius 3 is 2.85 bits per heavy atom. The molecule has 0 aliphatic carbocycles. The number of aromatic nitrogens is 1. The Kier molecular flexibility index (Phi) is 4.75. The molecule has 0 radical (unpaired) electrons. The van der Waals surface area contributed by atoms with Gasteiger partial charge in [-0.05, 0) is 47.8 Å². The van der Waals surface area contributed by atoms with Crippen molar-refractivity contribution in [2.45, 2.75) is 32.2 Å². The number of rotatable bonds is 3. The molecule has 1 aliphatic rings. The van der Waals surface area contributed by atoms with Gasteiger partial charge in [0, 0.05) is 23.6 Å². The molecule has 0 spiro atoms. The summed E-state index contributed by atoms with van der Waals surface area (Å²) >= 11 is 3.31. The first-order valence-corrected chi connectivity index (χ1v) is 7.47. The van der Waals surface area contributed by atoms with Gasteiger partial charge in [-0.2, -0.15) is 0 Å². The molecule has 2 heterocycles. The molecule has 0 saturated carbocycles. The van der Waals surface area contributed by atoms with Crippen LogP contribution in [0.15, 0.2) is 22.8 Å². The maximum Gasteiger partial charge on any atom is 0.309 e. The Hall–Kier alpha value is -1.43. The number of aliphatic carboxylic acids is 1. The number of carbonyl (C=O) groups excluding carboxylic acids is 1. The third kappa shape index (κ3) is 3.00. The molecule has 0 bridgehead atoms. The van der Waals surface area contributed by atoms with Crippen LogP contribution in [0, 0.1) is 5.92 Å². The van der Waals surface area contributed by atoms with Crippen LogP contribution in [-0.2, 0) is 9.59 Å². The Labute approximate surface area is 126 Å². The zero-order valence-electron chi connectivity index (χ0n) is 11.3. The smallest absolute Gasteiger partial charge is 0.309 e. The number of likely N-dealkylation sites (tertiary alicyclic amines) is 1. The van der Waals surface area contributed by atoms with Crippen LogP contribution in [0.3, 0.4) is 0 Å². The van der Waals surface area contributed by atoms with Crippen LogP contribution in [0.25, 0.3) is 0 Å². The molecular weight excluding hydrogens is 324 g/mol. The first-order chi connectivity index (χ1) is 9.54. The third-order valence-electron chi connectivity index (χ3n) is 3.65. The lowest BCUT2D eigenvalue weighted by Crippen LogP contribution is -2.39. The molecule has 1 aliphatic heterocycles. The quantitative estimate of drug-likeness (QED) is 0.918. The highest BCUT2D eigenvalue weighted by Gasteiger charge is 2.38. The summed E-state index contributed by atoms with van der Waals surface area (Å²) in [6.45, 7) is 2.36. The number of halogens is 1. The van der Waals surface area contributed by atoms with Crippen LogP contribution in [0.4, 0.5) is 0 Å². The van der Waals surface area contributed by atoms with Gasteiger partial charge in [0.2, 0.25) is 5.91 Å². The highest BCUT2D eigenvalue weighted by Crippen LogP contribution is 2.35. The summed E-state index contributed by atoms with van der Waals surface area (Å²) in [7, 11) is 0. The topological polar surface area (TPSA) is 70.5 Å². The first kappa shape index (κ1) is 15.0. The summed E-state index contributed by atoms with van der Waals surface area (Å²) in [5, 5.41) is 9.47. The lowest BCUT2D eigenvalue weighted by atomic mass is 9.92. The van der Waals surface area contributed by atoms with E-state index in [1.165, 1.54) is 0 Å². The van der Waals surface area contributed by atoms with Gasteiger partial charge in [0.25, 0.3) is 0 Å². The van der Waals surface area contributed by atoms with E-state index in [-0.39, 0.29) is 5.91 Å². The van der Waals surface area contributed by atoms with Crippen molar-refractivity contribution in [3.8, 4) is 0 Å². The number of carbonyl (C=O) groups is 2. The van der Waals surface area contributed by atoms with Gasteiger partial charge in [-0.25, -0.2) is 0 Å². The lowest BCUT2D eigenvalue weighted by molar-refractivity contribution is -0.146. The van der Waals surface area contributed by atoms with E-state index in [4.69, 9.17) is 0 Å². The Bertz CT molecular complexity index is 502. The molecule has 6 heteroatoms. The normalized spacial score (nSPS) is 23.5. The Morgan fingerprint density at radius 2 is 2.30 bits per heavy atom. The van der Waals surface area contributed by atoms with E-state index in [0.717, 1.165) is 4.47 Å². The third-order valence-corrected chi connectivity index (χ3v) is 4.12. The number of carboxylic acids is 1. The van der Waals surface area contributed by atoms with Crippen molar-refractivity contribution < 1.29 is 14.7 Å². The minimum Gasteiger partial charge on any atom is -0.481 e. The predicted octanol–water partition coefficient (Wildman–Crippen LogP) is 2.62. The number of hydrogen-bond acceptors (Lipinski definition) is 3. The maximum atomic E-state index is 12.2. The minimum absolute atomic E-state index is 0.00553.